The van der Waals surface area contributed by atoms with Gasteiger partial charge in [-0.3, -0.25) is 9.59 Å². The molecule has 0 saturated heterocycles. The number of rotatable bonds is 8. The summed E-state index contributed by atoms with van der Waals surface area (Å²) >= 11 is 0. The van der Waals surface area contributed by atoms with Crippen molar-refractivity contribution < 1.29 is 23.9 Å². The molecule has 2 amide bonds. The zero-order chi connectivity index (χ0) is 18.3. The first kappa shape index (κ1) is 19.6. The van der Waals surface area contributed by atoms with Crippen LogP contribution in [0.25, 0.3) is 0 Å². The second-order valence-electron chi connectivity index (χ2n) is 6.09. The summed E-state index contributed by atoms with van der Waals surface area (Å²) in [4.78, 5) is 34.8. The maximum atomic E-state index is 13.0. The van der Waals surface area contributed by atoms with E-state index in [4.69, 9.17) is 0 Å². The number of nitrogens with one attached hydrogen (secondary N) is 2. The Morgan fingerprint density at radius 3 is 2.12 bits per heavy atom. The van der Waals surface area contributed by atoms with E-state index in [1.165, 1.54) is 31.2 Å². The van der Waals surface area contributed by atoms with Crippen LogP contribution in [0.5, 0.6) is 0 Å². The molecule has 0 aliphatic rings. The minimum Gasteiger partial charge on any atom is -0.548 e. The molecule has 1 aromatic carbocycles. The number of carbonyl (C=O) groups is 3. The minimum atomic E-state index is -1.37. The van der Waals surface area contributed by atoms with Crippen molar-refractivity contribution in [1.29, 1.82) is 0 Å². The number of halogens is 1. The molecular weight excluding hydrogens is 315 g/mol. The maximum absolute atomic E-state index is 13.0. The van der Waals surface area contributed by atoms with Crippen molar-refractivity contribution in [3.05, 3.63) is 35.6 Å². The average Bonchev–Trinajstić information content (AvgIpc) is 2.47. The Morgan fingerprint density at radius 2 is 1.67 bits per heavy atom. The summed E-state index contributed by atoms with van der Waals surface area (Å²) in [5.74, 6) is -2.78. The van der Waals surface area contributed by atoms with Crippen molar-refractivity contribution in [1.82, 2.24) is 10.6 Å². The monoisotopic (exact) mass is 337 g/mol. The van der Waals surface area contributed by atoms with E-state index in [2.05, 4.69) is 10.6 Å². The molecule has 2 N–H and O–H groups in total. The highest BCUT2D eigenvalue weighted by molar-refractivity contribution is 5.89. The molecular formula is C17H22FN2O4-. The van der Waals surface area contributed by atoms with E-state index < -0.39 is 35.7 Å². The van der Waals surface area contributed by atoms with Crippen LogP contribution >= 0.6 is 0 Å². The lowest BCUT2D eigenvalue weighted by molar-refractivity contribution is -0.308. The molecule has 0 aliphatic heterocycles. The zero-order valence-corrected chi connectivity index (χ0v) is 14.0. The topological polar surface area (TPSA) is 98.3 Å². The summed E-state index contributed by atoms with van der Waals surface area (Å²) in [6.07, 6.45) is 0.338. The summed E-state index contributed by atoms with van der Waals surface area (Å²) in [5.41, 5.74) is 0.638. The van der Waals surface area contributed by atoms with Crippen LogP contribution in [0.1, 0.15) is 32.8 Å². The number of carboxylic acid groups (broad SMARTS) is 1. The predicted octanol–water partition coefficient (Wildman–Crippen LogP) is 0.154. The van der Waals surface area contributed by atoms with Gasteiger partial charge in [0.05, 0.1) is 12.0 Å². The fourth-order valence-electron chi connectivity index (χ4n) is 2.27. The van der Waals surface area contributed by atoms with E-state index in [-0.39, 0.29) is 18.8 Å². The van der Waals surface area contributed by atoms with Gasteiger partial charge < -0.3 is 20.5 Å². The van der Waals surface area contributed by atoms with Gasteiger partial charge in [0, 0.05) is 13.3 Å². The zero-order valence-electron chi connectivity index (χ0n) is 14.0. The molecule has 6 nitrogen and oxygen atoms in total. The van der Waals surface area contributed by atoms with E-state index in [9.17, 15) is 23.9 Å². The third-order valence-corrected chi connectivity index (χ3v) is 3.36. The van der Waals surface area contributed by atoms with E-state index in [0.29, 0.717) is 5.56 Å². The Morgan fingerprint density at radius 1 is 1.08 bits per heavy atom. The summed E-state index contributed by atoms with van der Waals surface area (Å²) in [7, 11) is 0. The number of aliphatic carboxylic acids is 1. The van der Waals surface area contributed by atoms with Gasteiger partial charge in [0.25, 0.3) is 0 Å². The molecule has 2 atom stereocenters. The third-order valence-electron chi connectivity index (χ3n) is 3.36. The molecule has 0 heterocycles. The second-order valence-corrected chi connectivity index (χ2v) is 6.09. The molecule has 0 unspecified atom stereocenters. The lowest BCUT2D eigenvalue weighted by Gasteiger charge is -2.25. The van der Waals surface area contributed by atoms with Gasteiger partial charge in [-0.1, -0.05) is 26.0 Å². The molecule has 0 fully saturated rings. The Balaban J connectivity index is 2.85. The number of hydrogen-bond donors (Lipinski definition) is 2. The molecule has 1 rings (SSSR count). The van der Waals surface area contributed by atoms with E-state index in [1.807, 2.05) is 13.8 Å². The fraction of sp³-hybridized carbons (Fsp3) is 0.471. The number of benzene rings is 1. The quantitative estimate of drug-likeness (QED) is 0.706. The number of carbonyl (C=O) groups excluding carboxylic acids is 3. The Hall–Kier alpha value is -2.44. The highest BCUT2D eigenvalue weighted by Gasteiger charge is 2.23. The summed E-state index contributed by atoms with van der Waals surface area (Å²) < 4.78 is 13.0. The van der Waals surface area contributed by atoms with Crippen LogP contribution in [-0.4, -0.2) is 29.9 Å². The van der Waals surface area contributed by atoms with Crippen LogP contribution < -0.4 is 15.7 Å². The normalized spacial score (nSPS) is 13.2. The molecule has 24 heavy (non-hydrogen) atoms. The fourth-order valence-corrected chi connectivity index (χ4v) is 2.27. The van der Waals surface area contributed by atoms with Crippen molar-refractivity contribution in [3.63, 3.8) is 0 Å². The van der Waals surface area contributed by atoms with Crippen LogP contribution in [0, 0.1) is 11.7 Å². The van der Waals surface area contributed by atoms with Gasteiger partial charge in [-0.15, -0.1) is 0 Å². The smallest absolute Gasteiger partial charge is 0.243 e. The van der Waals surface area contributed by atoms with Gasteiger partial charge in [0.1, 0.15) is 11.9 Å². The Labute approximate surface area is 140 Å². The van der Waals surface area contributed by atoms with E-state index >= 15 is 0 Å². The molecule has 0 saturated carbocycles. The van der Waals surface area contributed by atoms with Gasteiger partial charge >= 0.3 is 0 Å². The van der Waals surface area contributed by atoms with Crippen LogP contribution in [0.15, 0.2) is 24.3 Å². The Bertz CT molecular complexity index is 587. The van der Waals surface area contributed by atoms with Gasteiger partial charge in [0.2, 0.25) is 11.8 Å². The average molecular weight is 337 g/mol. The largest absolute Gasteiger partial charge is 0.548 e. The number of amides is 2. The highest BCUT2D eigenvalue weighted by Crippen LogP contribution is 2.08. The maximum Gasteiger partial charge on any atom is 0.243 e. The Kier molecular flexibility index (Phi) is 7.35. The number of carboxylic acids is 1. The lowest BCUT2D eigenvalue weighted by atomic mass is 10.0. The van der Waals surface area contributed by atoms with E-state index in [1.54, 1.807) is 0 Å². The first-order valence-electron chi connectivity index (χ1n) is 7.71. The molecule has 0 spiro atoms. The molecule has 132 valence electrons. The predicted molar refractivity (Wildman–Crippen MR) is 84.1 cm³/mol. The van der Waals surface area contributed by atoms with E-state index in [0.717, 1.165) is 0 Å². The first-order valence-corrected chi connectivity index (χ1v) is 7.71. The van der Waals surface area contributed by atoms with Crippen LogP contribution in [0.4, 0.5) is 4.39 Å². The SMILES string of the molecule is CC(=O)N[C@H](Cc1ccc(F)cc1)C(=O)N[C@H](CC(C)C)C(=O)[O-]. The molecule has 0 radical (unpaired) electrons. The van der Waals surface area contributed by atoms with Crippen molar-refractivity contribution >= 4 is 17.8 Å². The standard InChI is InChI=1S/C17H23FN2O4/c1-10(2)8-15(17(23)24)20-16(22)14(19-11(3)21)9-12-4-6-13(18)7-5-12/h4-7,10,14-15H,8-9H2,1-3H3,(H,19,21)(H,20,22)(H,23,24)/p-1/t14-,15-/m1/s1. The summed E-state index contributed by atoms with van der Waals surface area (Å²) in [6, 6.07) is 3.41. The van der Waals surface area contributed by atoms with Gasteiger partial charge in [-0.25, -0.2) is 4.39 Å². The lowest BCUT2D eigenvalue weighted by Crippen LogP contribution is -2.55. The van der Waals surface area contributed by atoms with Crippen molar-refractivity contribution in [3.8, 4) is 0 Å². The molecule has 0 bridgehead atoms. The molecule has 1 aromatic rings. The molecule has 0 aromatic heterocycles. The molecule has 7 heteroatoms. The summed E-state index contributed by atoms with van der Waals surface area (Å²) in [6.45, 7) is 4.91. The summed E-state index contributed by atoms with van der Waals surface area (Å²) in [5, 5.41) is 16.0. The van der Waals surface area contributed by atoms with Gasteiger partial charge in [0.15, 0.2) is 0 Å². The second kappa shape index (κ2) is 9.00. The van der Waals surface area contributed by atoms with Crippen LogP contribution in [0.2, 0.25) is 0 Å². The highest BCUT2D eigenvalue weighted by atomic mass is 19.1. The van der Waals surface area contributed by atoms with Crippen molar-refractivity contribution in [2.24, 2.45) is 5.92 Å². The van der Waals surface area contributed by atoms with Gasteiger partial charge in [-0.05, 0) is 30.0 Å². The number of hydrogen-bond acceptors (Lipinski definition) is 4. The molecule has 0 aliphatic carbocycles. The third kappa shape index (κ3) is 6.76. The van der Waals surface area contributed by atoms with Gasteiger partial charge in [-0.2, -0.15) is 0 Å². The van der Waals surface area contributed by atoms with Crippen molar-refractivity contribution in [2.75, 3.05) is 0 Å². The van der Waals surface area contributed by atoms with Crippen molar-refractivity contribution in [2.45, 2.75) is 45.7 Å². The van der Waals surface area contributed by atoms with Crippen LogP contribution in [0.3, 0.4) is 0 Å². The van der Waals surface area contributed by atoms with Crippen LogP contribution in [-0.2, 0) is 20.8 Å². The minimum absolute atomic E-state index is 0.0458. The first-order chi connectivity index (χ1) is 11.2.